The smallest absolute Gasteiger partial charge is 0.0991 e. The number of H-pyrrole nitrogens is 1. The molecule has 0 amide bonds. The van der Waals surface area contributed by atoms with E-state index in [0.29, 0.717) is 0 Å². The van der Waals surface area contributed by atoms with E-state index in [1.807, 2.05) is 0 Å². The van der Waals surface area contributed by atoms with Crippen molar-refractivity contribution in [1.82, 2.24) is 15.4 Å². The minimum absolute atomic E-state index is 0.0451. The van der Waals surface area contributed by atoms with E-state index in [0.717, 1.165) is 18.5 Å². The molecule has 1 heterocycles. The molecule has 0 aliphatic rings. The zero-order valence-corrected chi connectivity index (χ0v) is 6.04. The van der Waals surface area contributed by atoms with Crippen LogP contribution in [0.15, 0.2) is 6.20 Å². The van der Waals surface area contributed by atoms with Crippen LogP contribution in [0.3, 0.4) is 0 Å². The predicted molar refractivity (Wildman–Crippen MR) is 38.2 cm³/mol. The molecule has 56 valence electrons. The summed E-state index contributed by atoms with van der Waals surface area (Å²) in [6.45, 7) is 2.10. The highest BCUT2D eigenvalue weighted by molar-refractivity contribution is 4.97. The van der Waals surface area contributed by atoms with Crippen molar-refractivity contribution in [3.05, 3.63) is 11.9 Å². The molecule has 0 aliphatic heterocycles. The predicted octanol–water partition coefficient (Wildman–Crippen LogP) is 0.605. The Hall–Kier alpha value is -0.900. The SMILES string of the molecule is CCCC(N)c1cn[nH]n1. The molecule has 1 aromatic heterocycles. The Balaban J connectivity index is 2.50. The number of hydrogen-bond acceptors (Lipinski definition) is 3. The summed E-state index contributed by atoms with van der Waals surface area (Å²) >= 11 is 0. The van der Waals surface area contributed by atoms with E-state index in [1.54, 1.807) is 6.20 Å². The number of aromatic nitrogens is 3. The fourth-order valence-electron chi connectivity index (χ4n) is 0.848. The summed E-state index contributed by atoms with van der Waals surface area (Å²) in [6, 6.07) is 0.0451. The van der Waals surface area contributed by atoms with E-state index in [-0.39, 0.29) is 6.04 Å². The van der Waals surface area contributed by atoms with Crippen molar-refractivity contribution in [3.8, 4) is 0 Å². The number of hydrogen-bond donors (Lipinski definition) is 2. The molecule has 3 N–H and O–H groups in total. The average molecular weight is 140 g/mol. The Bertz CT molecular complexity index is 170. The van der Waals surface area contributed by atoms with Gasteiger partial charge in [0.2, 0.25) is 0 Å². The second-order valence-corrected chi connectivity index (χ2v) is 2.29. The van der Waals surface area contributed by atoms with Gasteiger partial charge in [0.15, 0.2) is 0 Å². The van der Waals surface area contributed by atoms with Crippen molar-refractivity contribution < 1.29 is 0 Å². The molecule has 4 heteroatoms. The second kappa shape index (κ2) is 3.31. The van der Waals surface area contributed by atoms with Crippen LogP contribution in [0.5, 0.6) is 0 Å². The number of rotatable bonds is 3. The highest BCUT2D eigenvalue weighted by Crippen LogP contribution is 2.09. The van der Waals surface area contributed by atoms with Gasteiger partial charge in [0.1, 0.15) is 0 Å². The van der Waals surface area contributed by atoms with Crippen LogP contribution in [0.2, 0.25) is 0 Å². The third-order valence-electron chi connectivity index (χ3n) is 1.41. The number of nitrogens with zero attached hydrogens (tertiary/aromatic N) is 2. The Kier molecular flexibility index (Phi) is 2.39. The third-order valence-corrected chi connectivity index (χ3v) is 1.41. The van der Waals surface area contributed by atoms with Crippen LogP contribution in [-0.2, 0) is 0 Å². The lowest BCUT2D eigenvalue weighted by Crippen LogP contribution is -2.09. The van der Waals surface area contributed by atoms with Gasteiger partial charge in [-0.3, -0.25) is 0 Å². The van der Waals surface area contributed by atoms with Gasteiger partial charge >= 0.3 is 0 Å². The van der Waals surface area contributed by atoms with Crippen LogP contribution < -0.4 is 5.73 Å². The standard InChI is InChI=1S/C6H12N4/c1-2-3-5(7)6-4-8-10-9-6/h4-5H,2-3,7H2,1H3,(H,8,9,10). The van der Waals surface area contributed by atoms with Crippen LogP contribution >= 0.6 is 0 Å². The number of nitrogens with one attached hydrogen (secondary N) is 1. The van der Waals surface area contributed by atoms with E-state index in [1.165, 1.54) is 0 Å². The van der Waals surface area contributed by atoms with Gasteiger partial charge in [-0.15, -0.1) is 0 Å². The molecular formula is C6H12N4. The Morgan fingerprint density at radius 1 is 1.80 bits per heavy atom. The van der Waals surface area contributed by atoms with E-state index < -0.39 is 0 Å². The summed E-state index contributed by atoms with van der Waals surface area (Å²) in [5.74, 6) is 0. The van der Waals surface area contributed by atoms with Crippen LogP contribution in [0, 0.1) is 0 Å². The molecule has 0 saturated carbocycles. The molecule has 0 saturated heterocycles. The maximum atomic E-state index is 5.73. The summed E-state index contributed by atoms with van der Waals surface area (Å²) in [4.78, 5) is 0. The van der Waals surface area contributed by atoms with Crippen LogP contribution in [0.1, 0.15) is 31.5 Å². The third kappa shape index (κ3) is 1.54. The van der Waals surface area contributed by atoms with Crippen LogP contribution in [0.4, 0.5) is 0 Å². The molecule has 0 aliphatic carbocycles. The van der Waals surface area contributed by atoms with Crippen molar-refractivity contribution in [2.45, 2.75) is 25.8 Å². The van der Waals surface area contributed by atoms with E-state index in [4.69, 9.17) is 5.73 Å². The maximum absolute atomic E-state index is 5.73. The van der Waals surface area contributed by atoms with Crippen molar-refractivity contribution in [3.63, 3.8) is 0 Å². The normalized spacial score (nSPS) is 13.4. The molecule has 4 nitrogen and oxygen atoms in total. The molecule has 1 unspecified atom stereocenters. The van der Waals surface area contributed by atoms with E-state index in [2.05, 4.69) is 22.3 Å². The number of nitrogens with two attached hydrogens (primary N) is 1. The van der Waals surface area contributed by atoms with Gasteiger partial charge in [-0.05, 0) is 6.42 Å². The molecule has 0 radical (unpaired) electrons. The lowest BCUT2D eigenvalue weighted by molar-refractivity contribution is 0.619. The fourth-order valence-corrected chi connectivity index (χ4v) is 0.848. The van der Waals surface area contributed by atoms with E-state index in [9.17, 15) is 0 Å². The van der Waals surface area contributed by atoms with Crippen LogP contribution in [-0.4, -0.2) is 15.4 Å². The summed E-state index contributed by atoms with van der Waals surface area (Å²) in [5, 5.41) is 10.1. The van der Waals surface area contributed by atoms with Gasteiger partial charge in [0, 0.05) is 0 Å². The van der Waals surface area contributed by atoms with Gasteiger partial charge in [-0.2, -0.15) is 15.4 Å². The zero-order chi connectivity index (χ0) is 7.40. The summed E-state index contributed by atoms with van der Waals surface area (Å²) in [5.41, 5.74) is 6.58. The van der Waals surface area contributed by atoms with E-state index >= 15 is 0 Å². The Morgan fingerprint density at radius 3 is 3.10 bits per heavy atom. The molecule has 10 heavy (non-hydrogen) atoms. The highest BCUT2D eigenvalue weighted by Gasteiger charge is 2.05. The van der Waals surface area contributed by atoms with Gasteiger partial charge in [0.05, 0.1) is 17.9 Å². The maximum Gasteiger partial charge on any atom is 0.0991 e. The van der Waals surface area contributed by atoms with Gasteiger partial charge in [-0.1, -0.05) is 13.3 Å². The minimum atomic E-state index is 0.0451. The summed E-state index contributed by atoms with van der Waals surface area (Å²) in [7, 11) is 0. The molecule has 0 bridgehead atoms. The minimum Gasteiger partial charge on any atom is -0.323 e. The lowest BCUT2D eigenvalue weighted by Gasteiger charge is -2.03. The van der Waals surface area contributed by atoms with Gasteiger partial charge < -0.3 is 5.73 Å². The first-order chi connectivity index (χ1) is 4.84. The van der Waals surface area contributed by atoms with Crippen molar-refractivity contribution >= 4 is 0 Å². The molecular weight excluding hydrogens is 128 g/mol. The molecule has 1 aromatic rings. The largest absolute Gasteiger partial charge is 0.323 e. The van der Waals surface area contributed by atoms with Crippen LogP contribution in [0.25, 0.3) is 0 Å². The Labute approximate surface area is 59.8 Å². The van der Waals surface area contributed by atoms with Crippen molar-refractivity contribution in [2.24, 2.45) is 5.73 Å². The number of aromatic amines is 1. The van der Waals surface area contributed by atoms with Crippen molar-refractivity contribution in [2.75, 3.05) is 0 Å². The quantitative estimate of drug-likeness (QED) is 0.646. The topological polar surface area (TPSA) is 67.6 Å². The Morgan fingerprint density at radius 2 is 2.60 bits per heavy atom. The van der Waals surface area contributed by atoms with Crippen molar-refractivity contribution in [1.29, 1.82) is 0 Å². The first kappa shape index (κ1) is 7.21. The van der Waals surface area contributed by atoms with Gasteiger partial charge in [-0.25, -0.2) is 0 Å². The zero-order valence-electron chi connectivity index (χ0n) is 6.04. The summed E-state index contributed by atoms with van der Waals surface area (Å²) in [6.07, 6.45) is 3.71. The molecule has 0 spiro atoms. The second-order valence-electron chi connectivity index (χ2n) is 2.29. The highest BCUT2D eigenvalue weighted by atomic mass is 15.3. The molecule has 1 rings (SSSR count). The molecule has 0 fully saturated rings. The first-order valence-corrected chi connectivity index (χ1v) is 3.46. The lowest BCUT2D eigenvalue weighted by atomic mass is 10.1. The monoisotopic (exact) mass is 140 g/mol. The molecule has 0 aromatic carbocycles. The van der Waals surface area contributed by atoms with Gasteiger partial charge in [0.25, 0.3) is 0 Å². The summed E-state index contributed by atoms with van der Waals surface area (Å²) < 4.78 is 0. The molecule has 1 atom stereocenters. The average Bonchev–Trinajstić information content (AvgIpc) is 2.38. The fraction of sp³-hybridized carbons (Fsp3) is 0.667. The first-order valence-electron chi connectivity index (χ1n) is 3.46.